The Hall–Kier alpha value is -1.63. The molecule has 0 aliphatic carbocycles. The van der Waals surface area contributed by atoms with Gasteiger partial charge in [0.25, 0.3) is 0 Å². The summed E-state index contributed by atoms with van der Waals surface area (Å²) < 4.78 is 0. The summed E-state index contributed by atoms with van der Waals surface area (Å²) in [6.45, 7) is 4.37. The average molecular weight is 381 g/mol. The Morgan fingerprint density at radius 2 is 1.25 bits per heavy atom. The summed E-state index contributed by atoms with van der Waals surface area (Å²) >= 11 is 0. The van der Waals surface area contributed by atoms with Crippen LogP contribution in [0.3, 0.4) is 0 Å². The van der Waals surface area contributed by atoms with Crippen molar-refractivity contribution in [2.45, 2.75) is 97.3 Å². The lowest BCUT2D eigenvalue weighted by Gasteiger charge is -2.11. The minimum Gasteiger partial charge on any atom is -0.294 e. The molecule has 0 radical (unpaired) electrons. The molecule has 154 valence electrons. The topological polar surface area (TPSA) is 17.1 Å². The van der Waals surface area contributed by atoms with Crippen LogP contribution in [0.2, 0.25) is 0 Å². The number of hydrogen-bond donors (Lipinski definition) is 0. The molecule has 0 aliphatic rings. The molecule has 0 saturated carbocycles. The lowest BCUT2D eigenvalue weighted by atomic mass is 9.92. The van der Waals surface area contributed by atoms with Crippen molar-refractivity contribution >= 4 is 16.6 Å². The first-order valence-electron chi connectivity index (χ1n) is 11.8. The van der Waals surface area contributed by atoms with Crippen LogP contribution in [-0.4, -0.2) is 5.78 Å². The van der Waals surface area contributed by atoms with Gasteiger partial charge in [-0.25, -0.2) is 0 Å². The lowest BCUT2D eigenvalue weighted by Crippen LogP contribution is -2.11. The van der Waals surface area contributed by atoms with Crippen LogP contribution in [0.15, 0.2) is 42.5 Å². The predicted octanol–water partition coefficient (Wildman–Crippen LogP) is 8.75. The molecular formula is C27H40O. The van der Waals surface area contributed by atoms with E-state index in [9.17, 15) is 4.79 Å². The molecule has 0 amide bonds. The minimum absolute atomic E-state index is 0.129. The Morgan fingerprint density at radius 3 is 1.86 bits per heavy atom. The summed E-state index contributed by atoms with van der Waals surface area (Å²) in [7, 11) is 0. The molecular weight excluding hydrogens is 340 g/mol. The molecule has 2 rings (SSSR count). The van der Waals surface area contributed by atoms with Gasteiger partial charge in [-0.3, -0.25) is 4.79 Å². The third kappa shape index (κ3) is 8.17. The first-order valence-corrected chi connectivity index (χ1v) is 11.8. The van der Waals surface area contributed by atoms with Crippen molar-refractivity contribution in [1.82, 2.24) is 0 Å². The quantitative estimate of drug-likeness (QED) is 0.223. The van der Waals surface area contributed by atoms with E-state index >= 15 is 0 Å². The molecule has 2 aromatic rings. The van der Waals surface area contributed by atoms with Gasteiger partial charge in [0, 0.05) is 11.5 Å². The van der Waals surface area contributed by atoms with Gasteiger partial charge < -0.3 is 0 Å². The smallest absolute Gasteiger partial charge is 0.165 e. The van der Waals surface area contributed by atoms with Crippen LogP contribution >= 0.6 is 0 Å². The summed E-state index contributed by atoms with van der Waals surface area (Å²) in [5.74, 6) is 0.429. The van der Waals surface area contributed by atoms with E-state index in [0.717, 1.165) is 17.4 Å². The van der Waals surface area contributed by atoms with Crippen LogP contribution in [-0.2, 0) is 0 Å². The molecule has 0 aliphatic heterocycles. The van der Waals surface area contributed by atoms with Crippen molar-refractivity contribution in [2.75, 3.05) is 0 Å². The highest BCUT2D eigenvalue weighted by Crippen LogP contribution is 2.21. The van der Waals surface area contributed by atoms with Crippen molar-refractivity contribution < 1.29 is 4.79 Å². The summed E-state index contributed by atoms with van der Waals surface area (Å²) in [6, 6.07) is 14.4. The van der Waals surface area contributed by atoms with Crippen molar-refractivity contribution in [3.8, 4) is 0 Å². The van der Waals surface area contributed by atoms with Crippen molar-refractivity contribution in [2.24, 2.45) is 5.92 Å². The highest BCUT2D eigenvalue weighted by molar-refractivity contribution is 6.01. The largest absolute Gasteiger partial charge is 0.294 e. The fraction of sp³-hybridized carbons (Fsp3) is 0.593. The van der Waals surface area contributed by atoms with Crippen molar-refractivity contribution in [1.29, 1.82) is 0 Å². The zero-order valence-electron chi connectivity index (χ0n) is 18.2. The van der Waals surface area contributed by atoms with E-state index in [4.69, 9.17) is 0 Å². The molecule has 28 heavy (non-hydrogen) atoms. The van der Waals surface area contributed by atoms with Crippen LogP contribution in [0.1, 0.15) is 108 Å². The molecule has 0 bridgehead atoms. The van der Waals surface area contributed by atoms with Crippen molar-refractivity contribution in [3.05, 3.63) is 48.0 Å². The van der Waals surface area contributed by atoms with Gasteiger partial charge in [-0.15, -0.1) is 0 Å². The second kappa shape index (κ2) is 13.5. The SMILES string of the molecule is CCCCCCCCCCCCCCC(C)C(=O)c1ccc2ccccc2c1. The monoisotopic (exact) mass is 380 g/mol. The first kappa shape index (κ1) is 22.7. The van der Waals surface area contributed by atoms with E-state index in [2.05, 4.69) is 38.1 Å². The van der Waals surface area contributed by atoms with Gasteiger partial charge in [0.1, 0.15) is 0 Å². The molecule has 1 atom stereocenters. The van der Waals surface area contributed by atoms with Crippen LogP contribution in [0, 0.1) is 5.92 Å². The van der Waals surface area contributed by atoms with Gasteiger partial charge in [-0.05, 0) is 23.3 Å². The average Bonchev–Trinajstić information content (AvgIpc) is 2.73. The number of carbonyl (C=O) groups excluding carboxylic acids is 1. The molecule has 0 heterocycles. The number of benzene rings is 2. The molecule has 1 nitrogen and oxygen atoms in total. The Balaban J connectivity index is 1.54. The summed E-state index contributed by atoms with van der Waals surface area (Å²) in [5.41, 5.74) is 0.866. The van der Waals surface area contributed by atoms with E-state index in [0.29, 0.717) is 5.78 Å². The normalized spacial score (nSPS) is 12.4. The fourth-order valence-electron chi connectivity index (χ4n) is 4.05. The third-order valence-electron chi connectivity index (χ3n) is 5.97. The van der Waals surface area contributed by atoms with E-state index in [-0.39, 0.29) is 5.92 Å². The zero-order valence-corrected chi connectivity index (χ0v) is 18.2. The van der Waals surface area contributed by atoms with Crippen LogP contribution in [0.25, 0.3) is 10.8 Å². The van der Waals surface area contributed by atoms with Gasteiger partial charge >= 0.3 is 0 Å². The van der Waals surface area contributed by atoms with E-state index < -0.39 is 0 Å². The van der Waals surface area contributed by atoms with Gasteiger partial charge in [-0.1, -0.05) is 127 Å². The highest BCUT2D eigenvalue weighted by atomic mass is 16.1. The molecule has 2 aromatic carbocycles. The number of rotatable bonds is 15. The van der Waals surface area contributed by atoms with Crippen LogP contribution in [0.5, 0.6) is 0 Å². The number of carbonyl (C=O) groups is 1. The molecule has 0 spiro atoms. The first-order chi connectivity index (χ1) is 13.7. The Kier molecular flexibility index (Phi) is 10.9. The summed E-state index contributed by atoms with van der Waals surface area (Å²) in [4.78, 5) is 12.7. The lowest BCUT2D eigenvalue weighted by molar-refractivity contribution is 0.0922. The second-order valence-electron chi connectivity index (χ2n) is 8.50. The standard InChI is InChI=1S/C27H40O/c1-3-4-5-6-7-8-9-10-11-12-13-14-17-23(2)27(28)26-21-20-24-18-15-16-19-25(24)22-26/h15-16,18-23H,3-14,17H2,1-2H3. The summed E-state index contributed by atoms with van der Waals surface area (Å²) in [5, 5.41) is 2.36. The summed E-state index contributed by atoms with van der Waals surface area (Å²) in [6.07, 6.45) is 17.4. The maximum absolute atomic E-state index is 12.7. The highest BCUT2D eigenvalue weighted by Gasteiger charge is 2.15. The molecule has 1 unspecified atom stereocenters. The Labute approximate surface area is 172 Å². The van der Waals surface area contributed by atoms with E-state index in [1.54, 1.807) is 0 Å². The minimum atomic E-state index is 0.129. The third-order valence-corrected chi connectivity index (χ3v) is 5.97. The Bertz CT molecular complexity index is 687. The van der Waals surface area contributed by atoms with E-state index in [1.165, 1.54) is 82.4 Å². The van der Waals surface area contributed by atoms with Gasteiger partial charge in [-0.2, -0.15) is 0 Å². The number of fused-ring (bicyclic) bond motifs is 1. The van der Waals surface area contributed by atoms with Gasteiger partial charge in [0.15, 0.2) is 5.78 Å². The second-order valence-corrected chi connectivity index (χ2v) is 8.50. The number of ketones is 1. The number of unbranched alkanes of at least 4 members (excludes halogenated alkanes) is 11. The van der Waals surface area contributed by atoms with Gasteiger partial charge in [0.05, 0.1) is 0 Å². The number of Topliss-reactive ketones (excluding diaryl/α,β-unsaturated/α-hetero) is 1. The molecule has 0 saturated heterocycles. The molecule has 0 aromatic heterocycles. The molecule has 0 fully saturated rings. The van der Waals surface area contributed by atoms with Crippen LogP contribution < -0.4 is 0 Å². The molecule has 0 N–H and O–H groups in total. The van der Waals surface area contributed by atoms with E-state index in [1.807, 2.05) is 18.2 Å². The van der Waals surface area contributed by atoms with Crippen molar-refractivity contribution in [3.63, 3.8) is 0 Å². The van der Waals surface area contributed by atoms with Crippen LogP contribution in [0.4, 0.5) is 0 Å². The maximum Gasteiger partial charge on any atom is 0.165 e. The maximum atomic E-state index is 12.7. The number of hydrogen-bond acceptors (Lipinski definition) is 1. The fourth-order valence-corrected chi connectivity index (χ4v) is 4.05. The predicted molar refractivity (Wildman–Crippen MR) is 123 cm³/mol. The molecule has 1 heteroatoms. The Morgan fingerprint density at radius 1 is 0.714 bits per heavy atom. The zero-order chi connectivity index (χ0) is 20.0. The van der Waals surface area contributed by atoms with Gasteiger partial charge in [0.2, 0.25) is 0 Å².